The zero-order valence-electron chi connectivity index (χ0n) is 10.8. The normalized spacial score (nSPS) is 11.1. The van der Waals surface area contributed by atoms with Crippen molar-refractivity contribution in [3.63, 3.8) is 0 Å². The molecular weight excluding hydrogens is 251 g/mol. The van der Waals surface area contributed by atoms with Crippen molar-refractivity contribution in [3.8, 4) is 0 Å². The van der Waals surface area contributed by atoms with Crippen LogP contribution >= 0.6 is 0 Å². The van der Waals surface area contributed by atoms with E-state index in [1.807, 2.05) is 6.92 Å². The van der Waals surface area contributed by atoms with E-state index in [4.69, 9.17) is 14.6 Å². The Morgan fingerprint density at radius 2 is 2.11 bits per heavy atom. The number of benzene rings is 1. The molecule has 5 heteroatoms. The highest BCUT2D eigenvalue weighted by molar-refractivity contribution is 5.85. The Labute approximate surface area is 111 Å². The van der Waals surface area contributed by atoms with Crippen LogP contribution < -0.4 is 0 Å². The lowest BCUT2D eigenvalue weighted by Crippen LogP contribution is -2.04. The molecule has 0 bridgehead atoms. The Morgan fingerprint density at radius 1 is 1.37 bits per heavy atom. The topological polar surface area (TPSA) is 55.8 Å². The van der Waals surface area contributed by atoms with Crippen LogP contribution in [0, 0.1) is 5.82 Å². The number of carboxylic acid groups (broad SMARTS) is 1. The van der Waals surface area contributed by atoms with E-state index in [9.17, 15) is 9.18 Å². The van der Waals surface area contributed by atoms with Gasteiger partial charge in [-0.1, -0.05) is 6.07 Å². The van der Waals surface area contributed by atoms with E-state index in [2.05, 4.69) is 0 Å². The predicted octanol–water partition coefficient (Wildman–Crippen LogP) is 2.48. The van der Waals surface area contributed by atoms with Gasteiger partial charge in [-0.15, -0.1) is 0 Å². The molecule has 1 aromatic carbocycles. The molecule has 0 saturated carbocycles. The summed E-state index contributed by atoms with van der Waals surface area (Å²) in [6, 6.07) is 4.46. The fourth-order valence-electron chi connectivity index (χ4n) is 1.42. The van der Waals surface area contributed by atoms with Gasteiger partial charge in [0, 0.05) is 18.2 Å². The zero-order chi connectivity index (χ0) is 14.1. The van der Waals surface area contributed by atoms with E-state index in [1.54, 1.807) is 12.1 Å². The summed E-state index contributed by atoms with van der Waals surface area (Å²) < 4.78 is 23.9. The molecule has 19 heavy (non-hydrogen) atoms. The first-order valence-corrected chi connectivity index (χ1v) is 5.98. The molecule has 0 atom stereocenters. The van der Waals surface area contributed by atoms with Gasteiger partial charge < -0.3 is 14.6 Å². The first kappa shape index (κ1) is 15.3. The van der Waals surface area contributed by atoms with E-state index in [-0.39, 0.29) is 5.56 Å². The van der Waals surface area contributed by atoms with Gasteiger partial charge in [0.05, 0.1) is 19.8 Å². The maximum Gasteiger partial charge on any atom is 0.328 e. The summed E-state index contributed by atoms with van der Waals surface area (Å²) in [5.41, 5.74) is 1.01. The van der Waals surface area contributed by atoms with Crippen molar-refractivity contribution < 1.29 is 23.8 Å². The second kappa shape index (κ2) is 8.39. The summed E-state index contributed by atoms with van der Waals surface area (Å²) in [5.74, 6) is -1.58. The van der Waals surface area contributed by atoms with E-state index in [0.29, 0.717) is 26.4 Å². The van der Waals surface area contributed by atoms with Crippen molar-refractivity contribution in [2.75, 3.05) is 19.8 Å². The monoisotopic (exact) mass is 268 g/mol. The molecular formula is C14H17FO4. The molecule has 104 valence electrons. The molecule has 0 aliphatic heterocycles. The average Bonchev–Trinajstić information content (AvgIpc) is 2.38. The summed E-state index contributed by atoms with van der Waals surface area (Å²) in [4.78, 5) is 10.4. The minimum absolute atomic E-state index is 0.230. The van der Waals surface area contributed by atoms with Gasteiger partial charge in [-0.25, -0.2) is 9.18 Å². The quantitative estimate of drug-likeness (QED) is 0.581. The maximum atomic E-state index is 13.4. The third-order valence-electron chi connectivity index (χ3n) is 2.31. The van der Waals surface area contributed by atoms with Gasteiger partial charge >= 0.3 is 5.97 Å². The number of rotatable bonds is 8. The van der Waals surface area contributed by atoms with Gasteiger partial charge in [-0.3, -0.25) is 0 Å². The molecule has 0 spiro atoms. The molecule has 0 amide bonds. The van der Waals surface area contributed by atoms with Gasteiger partial charge in [0.2, 0.25) is 0 Å². The Hall–Kier alpha value is -1.72. The first-order valence-electron chi connectivity index (χ1n) is 5.98. The highest BCUT2D eigenvalue weighted by atomic mass is 19.1. The Bertz CT molecular complexity index is 443. The standard InChI is InChI=1S/C14H17FO4/c1-2-18-7-8-19-10-11-3-5-13(15)12(9-11)4-6-14(16)17/h3-6,9H,2,7-8,10H2,1H3,(H,16,17). The van der Waals surface area contributed by atoms with E-state index >= 15 is 0 Å². The highest BCUT2D eigenvalue weighted by Crippen LogP contribution is 2.13. The van der Waals surface area contributed by atoms with Crippen molar-refractivity contribution >= 4 is 12.0 Å². The van der Waals surface area contributed by atoms with Crippen LogP contribution in [0.1, 0.15) is 18.1 Å². The molecule has 0 heterocycles. The lowest BCUT2D eigenvalue weighted by Gasteiger charge is -2.06. The Morgan fingerprint density at radius 3 is 2.79 bits per heavy atom. The molecule has 0 aromatic heterocycles. The molecule has 0 saturated heterocycles. The van der Waals surface area contributed by atoms with Gasteiger partial charge in [0.15, 0.2) is 0 Å². The van der Waals surface area contributed by atoms with Crippen molar-refractivity contribution in [2.45, 2.75) is 13.5 Å². The van der Waals surface area contributed by atoms with Gasteiger partial charge in [0.25, 0.3) is 0 Å². The smallest absolute Gasteiger partial charge is 0.328 e. The average molecular weight is 268 g/mol. The number of halogens is 1. The number of hydrogen-bond donors (Lipinski definition) is 1. The predicted molar refractivity (Wildman–Crippen MR) is 69.2 cm³/mol. The SMILES string of the molecule is CCOCCOCc1ccc(F)c(C=CC(=O)O)c1. The van der Waals surface area contributed by atoms with Crippen LogP contribution in [0.2, 0.25) is 0 Å². The second-order valence-corrected chi connectivity index (χ2v) is 3.78. The Balaban J connectivity index is 2.55. The lowest BCUT2D eigenvalue weighted by atomic mass is 10.1. The molecule has 4 nitrogen and oxygen atoms in total. The molecule has 0 aliphatic rings. The van der Waals surface area contributed by atoms with Crippen LogP contribution in [0.5, 0.6) is 0 Å². The third-order valence-corrected chi connectivity index (χ3v) is 2.31. The first-order chi connectivity index (χ1) is 9.13. The summed E-state index contributed by atoms with van der Waals surface area (Å²) >= 11 is 0. The lowest BCUT2D eigenvalue weighted by molar-refractivity contribution is -0.131. The van der Waals surface area contributed by atoms with Gasteiger partial charge in [-0.2, -0.15) is 0 Å². The van der Waals surface area contributed by atoms with Crippen LogP contribution in [-0.2, 0) is 20.9 Å². The van der Waals surface area contributed by atoms with Crippen LogP contribution in [0.3, 0.4) is 0 Å². The number of aliphatic carboxylic acids is 1. The highest BCUT2D eigenvalue weighted by Gasteiger charge is 2.02. The Kier molecular flexibility index (Phi) is 6.78. The number of carboxylic acids is 1. The van der Waals surface area contributed by atoms with Crippen LogP contribution in [0.4, 0.5) is 4.39 Å². The molecule has 0 aliphatic carbocycles. The summed E-state index contributed by atoms with van der Waals surface area (Å²) in [5, 5.41) is 8.51. The second-order valence-electron chi connectivity index (χ2n) is 3.78. The summed E-state index contributed by atoms with van der Waals surface area (Å²) in [6.07, 6.45) is 2.12. The van der Waals surface area contributed by atoms with Gasteiger partial charge in [-0.05, 0) is 30.7 Å². The third kappa shape index (κ3) is 6.13. The van der Waals surface area contributed by atoms with E-state index in [1.165, 1.54) is 12.1 Å². The van der Waals surface area contributed by atoms with Crippen LogP contribution in [0.25, 0.3) is 6.08 Å². The summed E-state index contributed by atoms with van der Waals surface area (Å²) in [7, 11) is 0. The molecule has 1 aromatic rings. The fraction of sp³-hybridized carbons (Fsp3) is 0.357. The molecule has 0 radical (unpaired) electrons. The van der Waals surface area contributed by atoms with E-state index in [0.717, 1.165) is 11.6 Å². The van der Waals surface area contributed by atoms with Gasteiger partial charge in [0.1, 0.15) is 5.82 Å². The minimum atomic E-state index is -1.11. The van der Waals surface area contributed by atoms with Crippen molar-refractivity contribution in [2.24, 2.45) is 0 Å². The minimum Gasteiger partial charge on any atom is -0.478 e. The van der Waals surface area contributed by atoms with Crippen LogP contribution in [-0.4, -0.2) is 30.9 Å². The van der Waals surface area contributed by atoms with Crippen molar-refractivity contribution in [1.82, 2.24) is 0 Å². The molecule has 0 fully saturated rings. The molecule has 1 rings (SSSR count). The van der Waals surface area contributed by atoms with Crippen molar-refractivity contribution in [3.05, 3.63) is 41.2 Å². The number of hydrogen-bond acceptors (Lipinski definition) is 3. The maximum absolute atomic E-state index is 13.4. The number of carbonyl (C=O) groups is 1. The van der Waals surface area contributed by atoms with Crippen LogP contribution in [0.15, 0.2) is 24.3 Å². The summed E-state index contributed by atoms with van der Waals surface area (Å²) in [6.45, 7) is 3.86. The molecule has 0 unspecified atom stereocenters. The number of ether oxygens (including phenoxy) is 2. The van der Waals surface area contributed by atoms with E-state index < -0.39 is 11.8 Å². The zero-order valence-corrected chi connectivity index (χ0v) is 10.8. The molecule has 1 N–H and O–H groups in total. The fourth-order valence-corrected chi connectivity index (χ4v) is 1.42. The van der Waals surface area contributed by atoms with Crippen molar-refractivity contribution in [1.29, 1.82) is 0 Å². The largest absolute Gasteiger partial charge is 0.478 e.